The van der Waals surface area contributed by atoms with Crippen LogP contribution >= 0.6 is 7.82 Å². The molecule has 26 heteroatoms. The lowest BCUT2D eigenvalue weighted by atomic mass is 10.1. The van der Waals surface area contributed by atoms with E-state index in [4.69, 9.17) is 19.2 Å². The van der Waals surface area contributed by atoms with Gasteiger partial charge in [0.15, 0.2) is 0 Å². The predicted molar refractivity (Wildman–Crippen MR) is 123 cm³/mol. The van der Waals surface area contributed by atoms with Crippen LogP contribution in [0, 0.1) is 0 Å². The van der Waals surface area contributed by atoms with Crippen molar-refractivity contribution in [2.45, 2.75) is 74.4 Å². The van der Waals surface area contributed by atoms with Crippen molar-refractivity contribution in [3.63, 3.8) is 0 Å². The summed E-state index contributed by atoms with van der Waals surface area (Å²) >= 11 is 0. The van der Waals surface area contributed by atoms with E-state index in [0.29, 0.717) is 0 Å². The molecule has 0 aromatic carbocycles. The largest absolute Gasteiger partial charge is 0.822 e. The summed E-state index contributed by atoms with van der Waals surface area (Å²) in [6.45, 7) is -0.677. The molecule has 0 aliphatic carbocycles. The fourth-order valence-electron chi connectivity index (χ4n) is 2.06. The van der Waals surface area contributed by atoms with E-state index in [-0.39, 0.29) is 20.8 Å². The number of quaternary nitrogens is 3. The number of hydrogen-bond donors (Lipinski definition) is 0. The monoisotopic (exact) mass is 767 g/mol. The number of nitrogens with zero attached hydrogens (tertiary/aromatic N) is 3. The third-order valence-electron chi connectivity index (χ3n) is 5.31. The molecule has 0 unspecified atom stereocenters. The zero-order chi connectivity index (χ0) is 40.5. The highest BCUT2D eigenvalue weighted by atomic mass is 31.2. The molecule has 290 valence electrons. The number of alkyl halides is 18. The zero-order valence-corrected chi connectivity index (χ0v) is 27.6. The van der Waals surface area contributed by atoms with E-state index < -0.39 is 74.9 Å². The minimum absolute atomic E-state index is 0.226. The minimum Gasteiger partial charge on any atom is -0.822 e. The molecule has 0 atom stereocenters. The molecule has 0 saturated heterocycles. The summed E-state index contributed by atoms with van der Waals surface area (Å²) < 4.78 is 231. The Hall–Kier alpha value is -1.27. The van der Waals surface area contributed by atoms with E-state index in [1.165, 1.54) is 0 Å². The highest BCUT2D eigenvalue weighted by Gasteiger charge is 2.78. The van der Waals surface area contributed by atoms with E-state index in [0.717, 1.165) is 63.4 Å². The SMILES string of the molecule is CC(F)(F)C(F)(F)C(F)(F)[N+](C)(C)C.CC(F)(F)C(F)(F)C(F)(F)[N+](C)(C)C.CC(F)(F)C(F)(F)C(F)(F)[N+](C)(C)C.O=P([O-])([O-])[O-]. The van der Waals surface area contributed by atoms with Gasteiger partial charge < -0.3 is 19.2 Å². The van der Waals surface area contributed by atoms with Gasteiger partial charge in [-0.2, -0.15) is 60.5 Å². The highest BCUT2D eigenvalue weighted by molar-refractivity contribution is 7.40. The first-order chi connectivity index (χ1) is 19.2. The first kappa shape index (κ1) is 52.5. The Labute approximate surface area is 258 Å². The van der Waals surface area contributed by atoms with E-state index in [9.17, 15) is 79.0 Å². The van der Waals surface area contributed by atoms with Crippen LogP contribution in [0.15, 0.2) is 0 Å². The summed E-state index contributed by atoms with van der Waals surface area (Å²) in [6, 6.07) is -14.5. The molecule has 0 aromatic rings. The van der Waals surface area contributed by atoms with Crippen LogP contribution in [-0.2, 0) is 4.57 Å². The van der Waals surface area contributed by atoms with E-state index in [1.807, 2.05) is 0 Å². The summed E-state index contributed by atoms with van der Waals surface area (Å²) in [7, 11) is 1.11. The maximum Gasteiger partial charge on any atom is 0.460 e. The Morgan fingerprint density at radius 1 is 0.362 bits per heavy atom. The van der Waals surface area contributed by atoms with Gasteiger partial charge in [0.25, 0.3) is 0 Å². The highest BCUT2D eigenvalue weighted by Crippen LogP contribution is 2.50. The van der Waals surface area contributed by atoms with Gasteiger partial charge in [-0.05, 0) is 0 Å². The first-order valence-electron chi connectivity index (χ1n) is 11.8. The molecule has 0 N–H and O–H groups in total. The summed E-state index contributed by atoms with van der Waals surface area (Å²) in [5.74, 6) is -30.4. The van der Waals surface area contributed by atoms with Gasteiger partial charge in [-0.15, -0.1) is 26.3 Å². The van der Waals surface area contributed by atoms with Crippen molar-refractivity contribution < 1.29 is 112 Å². The van der Waals surface area contributed by atoms with Crippen molar-refractivity contribution in [2.75, 3.05) is 63.4 Å². The van der Waals surface area contributed by atoms with E-state index in [1.54, 1.807) is 0 Å². The van der Waals surface area contributed by atoms with Gasteiger partial charge in [0.1, 0.15) is 0 Å². The van der Waals surface area contributed by atoms with Crippen molar-refractivity contribution >= 4 is 7.82 Å². The van der Waals surface area contributed by atoms with Gasteiger partial charge in [0.05, 0.1) is 63.4 Å². The lowest BCUT2D eigenvalue weighted by molar-refractivity contribution is -0.974. The lowest BCUT2D eigenvalue weighted by Crippen LogP contribution is -2.66. The minimum atomic E-state index is -5.39. The van der Waals surface area contributed by atoms with Crippen molar-refractivity contribution in [3.8, 4) is 0 Å². The summed E-state index contributed by atoms with van der Waals surface area (Å²) in [4.78, 5) is 25.6. The quantitative estimate of drug-likeness (QED) is 0.145. The topological polar surface area (TPSA) is 86.2 Å². The molecule has 0 radical (unpaired) electrons. The second-order valence-corrected chi connectivity index (χ2v) is 13.4. The smallest absolute Gasteiger partial charge is 0.460 e. The molecule has 7 nitrogen and oxygen atoms in total. The Balaban J connectivity index is -0.000000275. The molecule has 47 heavy (non-hydrogen) atoms. The number of hydrogen-bond acceptors (Lipinski definition) is 4. The van der Waals surface area contributed by atoms with Crippen molar-refractivity contribution in [2.24, 2.45) is 0 Å². The Morgan fingerprint density at radius 3 is 0.468 bits per heavy atom. The molecule has 0 saturated carbocycles. The number of phosphoric acid groups is 1. The van der Waals surface area contributed by atoms with Crippen molar-refractivity contribution in [1.82, 2.24) is 0 Å². The zero-order valence-electron chi connectivity index (χ0n) is 26.7. The molecular formula is C21H36F18N3O4P. The second-order valence-electron chi connectivity index (χ2n) is 12.5. The second kappa shape index (κ2) is 14.5. The van der Waals surface area contributed by atoms with Crippen molar-refractivity contribution in [3.05, 3.63) is 0 Å². The first-order valence-corrected chi connectivity index (χ1v) is 13.3. The average Bonchev–Trinajstić information content (AvgIpc) is 2.68. The summed E-state index contributed by atoms with van der Waals surface area (Å²) in [5.41, 5.74) is 0. The molecule has 0 heterocycles. The molecule has 0 bridgehead atoms. The summed E-state index contributed by atoms with van der Waals surface area (Å²) in [5, 5.41) is 0. The predicted octanol–water partition coefficient (Wildman–Crippen LogP) is 4.90. The molecule has 0 spiro atoms. The molecular weight excluding hydrogens is 731 g/mol. The van der Waals surface area contributed by atoms with Gasteiger partial charge in [-0.25, -0.2) is 0 Å². The van der Waals surface area contributed by atoms with Crippen LogP contribution in [0.2, 0.25) is 0 Å². The fraction of sp³-hybridized carbons (Fsp3) is 1.00. The molecule has 0 fully saturated rings. The van der Waals surface area contributed by atoms with Crippen molar-refractivity contribution in [1.29, 1.82) is 0 Å². The van der Waals surface area contributed by atoms with Gasteiger partial charge in [0, 0.05) is 20.8 Å². The summed E-state index contributed by atoms with van der Waals surface area (Å²) in [6.07, 6.45) is 0. The molecule has 0 rings (SSSR count). The van der Waals surface area contributed by atoms with Crippen LogP contribution in [0.1, 0.15) is 20.8 Å². The Bertz CT molecular complexity index is 836. The Kier molecular flexibility index (Phi) is 16.2. The normalized spacial score (nSPS) is 15.4. The van der Waals surface area contributed by atoms with Gasteiger partial charge in [0.2, 0.25) is 0 Å². The average molecular weight is 767 g/mol. The van der Waals surface area contributed by atoms with Crippen LogP contribution in [0.25, 0.3) is 0 Å². The molecule has 0 aliphatic heterocycles. The maximum absolute atomic E-state index is 12.9. The van der Waals surface area contributed by atoms with Gasteiger partial charge in [-0.3, -0.25) is 13.4 Å². The third-order valence-corrected chi connectivity index (χ3v) is 5.31. The lowest BCUT2D eigenvalue weighted by Gasteiger charge is -2.39. The van der Waals surface area contributed by atoms with Gasteiger partial charge in [-0.1, -0.05) is 0 Å². The van der Waals surface area contributed by atoms with Crippen LogP contribution in [-0.4, -0.2) is 131 Å². The van der Waals surface area contributed by atoms with Crippen LogP contribution in [0.4, 0.5) is 79.0 Å². The van der Waals surface area contributed by atoms with E-state index >= 15 is 0 Å². The van der Waals surface area contributed by atoms with Gasteiger partial charge >= 0.3 is 53.7 Å². The standard InChI is InChI=1S/3C7H12F6N.H3O4P/c3*1-5(8,9)6(10,11)7(12,13)14(2,3)4;1-5(2,3)4/h3*1-4H3;(H3,1,2,3,4)/q3*+1;/p-3. The van der Waals surface area contributed by atoms with E-state index in [2.05, 4.69) is 0 Å². The van der Waals surface area contributed by atoms with Crippen LogP contribution in [0.5, 0.6) is 0 Å². The molecule has 0 amide bonds. The number of halogens is 18. The van der Waals surface area contributed by atoms with Crippen LogP contribution < -0.4 is 14.7 Å². The van der Waals surface area contributed by atoms with Crippen LogP contribution in [0.3, 0.4) is 0 Å². The molecule has 0 aliphatic rings. The maximum atomic E-state index is 12.9. The molecule has 0 aromatic heterocycles. The fourth-order valence-corrected chi connectivity index (χ4v) is 2.06. The third kappa shape index (κ3) is 12.8. The Morgan fingerprint density at radius 2 is 0.447 bits per heavy atom. The number of rotatable bonds is 9.